The minimum absolute atomic E-state index is 0.101. The van der Waals surface area contributed by atoms with Crippen LogP contribution in [0, 0.1) is 13.8 Å². The van der Waals surface area contributed by atoms with Crippen molar-refractivity contribution in [2.24, 2.45) is 0 Å². The summed E-state index contributed by atoms with van der Waals surface area (Å²) in [4.78, 5) is 23.0. The van der Waals surface area contributed by atoms with Gasteiger partial charge >= 0.3 is 5.97 Å². The van der Waals surface area contributed by atoms with E-state index in [9.17, 15) is 14.7 Å². The molecule has 6 nitrogen and oxygen atoms in total. The number of benzene rings is 2. The number of carboxylic acids is 1. The summed E-state index contributed by atoms with van der Waals surface area (Å²) in [6.07, 6.45) is 0. The van der Waals surface area contributed by atoms with E-state index in [0.717, 1.165) is 17.2 Å². The van der Waals surface area contributed by atoms with Gasteiger partial charge in [-0.1, -0.05) is 6.07 Å². The van der Waals surface area contributed by atoms with Gasteiger partial charge in [-0.25, -0.2) is 4.79 Å². The molecule has 23 heavy (non-hydrogen) atoms. The smallest absolute Gasteiger partial charge is 0.337 e. The van der Waals surface area contributed by atoms with E-state index in [1.165, 1.54) is 12.1 Å². The van der Waals surface area contributed by atoms with Crippen LogP contribution in [0.25, 0.3) is 0 Å². The van der Waals surface area contributed by atoms with Gasteiger partial charge < -0.3 is 20.3 Å². The first kappa shape index (κ1) is 16.4. The molecule has 2 aromatic rings. The molecule has 0 saturated carbocycles. The lowest BCUT2D eigenvalue weighted by atomic mass is 10.1. The number of nitrogens with one attached hydrogen (secondary N) is 1. The summed E-state index contributed by atoms with van der Waals surface area (Å²) in [5.74, 6) is -1.36. The van der Waals surface area contributed by atoms with Crippen molar-refractivity contribution < 1.29 is 24.5 Å². The number of aromatic hydroxyl groups is 1. The molecule has 6 heteroatoms. The molecule has 2 rings (SSSR count). The molecular weight excluding hydrogens is 298 g/mol. The number of amides is 1. The number of phenolic OH excluding ortho intramolecular Hbond substituents is 1. The number of carboxylic acid groups (broad SMARTS) is 1. The Balaban J connectivity index is 2.02. The molecule has 0 radical (unpaired) electrons. The van der Waals surface area contributed by atoms with Gasteiger partial charge in [0.25, 0.3) is 5.91 Å². The molecule has 0 aliphatic heterocycles. The molecule has 1 amide bonds. The van der Waals surface area contributed by atoms with Gasteiger partial charge in [-0.2, -0.15) is 0 Å². The average molecular weight is 315 g/mol. The first-order valence-electron chi connectivity index (χ1n) is 6.93. The number of carbonyl (C=O) groups is 2. The first-order valence-corrected chi connectivity index (χ1v) is 6.93. The molecule has 3 N–H and O–H groups in total. The molecular formula is C17H17NO5. The molecule has 0 aliphatic rings. The zero-order valence-corrected chi connectivity index (χ0v) is 12.8. The first-order chi connectivity index (χ1) is 10.9. The Morgan fingerprint density at radius 2 is 1.83 bits per heavy atom. The fourth-order valence-corrected chi connectivity index (χ4v) is 1.96. The van der Waals surface area contributed by atoms with Crippen LogP contribution in [0.1, 0.15) is 21.5 Å². The summed E-state index contributed by atoms with van der Waals surface area (Å²) in [7, 11) is 0. The lowest BCUT2D eigenvalue weighted by Gasteiger charge is -2.11. The number of ether oxygens (including phenoxy) is 1. The van der Waals surface area contributed by atoms with E-state index >= 15 is 0 Å². The molecule has 0 heterocycles. The second-order valence-corrected chi connectivity index (χ2v) is 5.12. The van der Waals surface area contributed by atoms with E-state index < -0.39 is 11.9 Å². The SMILES string of the molecule is Cc1ccc(OCC(=O)Nc2ccc(O)cc2C(=O)O)cc1C. The highest BCUT2D eigenvalue weighted by Crippen LogP contribution is 2.21. The van der Waals surface area contributed by atoms with E-state index in [0.29, 0.717) is 5.75 Å². The number of phenols is 1. The van der Waals surface area contributed by atoms with Crippen molar-refractivity contribution >= 4 is 17.6 Å². The van der Waals surface area contributed by atoms with Crippen LogP contribution in [0.15, 0.2) is 36.4 Å². The Hall–Kier alpha value is -3.02. The third-order valence-corrected chi connectivity index (χ3v) is 3.36. The number of aryl methyl sites for hydroxylation is 2. The lowest BCUT2D eigenvalue weighted by molar-refractivity contribution is -0.118. The fraction of sp³-hybridized carbons (Fsp3) is 0.176. The van der Waals surface area contributed by atoms with Crippen LogP contribution in [0.5, 0.6) is 11.5 Å². The van der Waals surface area contributed by atoms with Crippen molar-refractivity contribution in [3.05, 3.63) is 53.1 Å². The van der Waals surface area contributed by atoms with Crippen LogP contribution in [0.4, 0.5) is 5.69 Å². The van der Waals surface area contributed by atoms with Crippen molar-refractivity contribution in [1.82, 2.24) is 0 Å². The van der Waals surface area contributed by atoms with E-state index in [-0.39, 0.29) is 23.6 Å². The van der Waals surface area contributed by atoms with E-state index in [4.69, 9.17) is 9.84 Å². The van der Waals surface area contributed by atoms with Crippen molar-refractivity contribution in [2.75, 3.05) is 11.9 Å². The monoisotopic (exact) mass is 315 g/mol. The largest absolute Gasteiger partial charge is 0.508 e. The molecule has 0 aliphatic carbocycles. The maximum Gasteiger partial charge on any atom is 0.337 e. The van der Waals surface area contributed by atoms with Gasteiger partial charge in [0.05, 0.1) is 11.3 Å². The lowest BCUT2D eigenvalue weighted by Crippen LogP contribution is -2.21. The van der Waals surface area contributed by atoms with E-state index in [2.05, 4.69) is 5.32 Å². The predicted octanol–water partition coefficient (Wildman–Crippen LogP) is 2.72. The Morgan fingerprint density at radius 1 is 1.09 bits per heavy atom. The average Bonchev–Trinajstić information content (AvgIpc) is 2.50. The molecule has 0 fully saturated rings. The van der Waals surface area contributed by atoms with Crippen LogP contribution < -0.4 is 10.1 Å². The third-order valence-electron chi connectivity index (χ3n) is 3.36. The molecule has 0 atom stereocenters. The minimum atomic E-state index is -1.24. The van der Waals surface area contributed by atoms with Gasteiger partial charge in [-0.05, 0) is 55.3 Å². The highest BCUT2D eigenvalue weighted by atomic mass is 16.5. The van der Waals surface area contributed by atoms with E-state index in [1.807, 2.05) is 26.0 Å². The molecule has 0 spiro atoms. The summed E-state index contributed by atoms with van der Waals surface area (Å²) in [6.45, 7) is 3.67. The van der Waals surface area contributed by atoms with Gasteiger partial charge in [0, 0.05) is 0 Å². The van der Waals surface area contributed by atoms with E-state index in [1.54, 1.807) is 6.07 Å². The maximum absolute atomic E-state index is 11.9. The Labute approximate surface area is 133 Å². The van der Waals surface area contributed by atoms with Gasteiger partial charge in [-0.15, -0.1) is 0 Å². The van der Waals surface area contributed by atoms with Crippen molar-refractivity contribution in [3.8, 4) is 11.5 Å². The standard InChI is InChI=1S/C17H17NO5/c1-10-3-5-13(7-11(10)2)23-9-16(20)18-15-6-4-12(19)8-14(15)17(21)22/h3-8,19H,9H2,1-2H3,(H,18,20)(H,21,22). The van der Waals surface area contributed by atoms with Crippen LogP contribution in [0.2, 0.25) is 0 Å². The normalized spacial score (nSPS) is 10.2. The van der Waals surface area contributed by atoms with Gasteiger partial charge in [-0.3, -0.25) is 4.79 Å². The number of anilines is 1. The predicted molar refractivity (Wildman–Crippen MR) is 85.1 cm³/mol. The Bertz CT molecular complexity index is 755. The van der Waals surface area contributed by atoms with Crippen LogP contribution in [-0.2, 0) is 4.79 Å². The summed E-state index contributed by atoms with van der Waals surface area (Å²) < 4.78 is 5.39. The van der Waals surface area contributed by atoms with Crippen LogP contribution in [-0.4, -0.2) is 28.7 Å². The highest BCUT2D eigenvalue weighted by molar-refractivity contribution is 6.01. The number of carbonyl (C=O) groups excluding carboxylic acids is 1. The van der Waals surface area contributed by atoms with Crippen LogP contribution in [0.3, 0.4) is 0 Å². The molecule has 120 valence electrons. The van der Waals surface area contributed by atoms with Crippen LogP contribution >= 0.6 is 0 Å². The summed E-state index contributed by atoms with van der Waals surface area (Å²) in [5.41, 5.74) is 2.08. The zero-order chi connectivity index (χ0) is 17.0. The fourth-order valence-electron chi connectivity index (χ4n) is 1.96. The Kier molecular flexibility index (Phi) is 4.85. The quantitative estimate of drug-likeness (QED) is 0.737. The topological polar surface area (TPSA) is 95.9 Å². The maximum atomic E-state index is 11.9. The zero-order valence-electron chi connectivity index (χ0n) is 12.8. The Morgan fingerprint density at radius 3 is 2.48 bits per heavy atom. The number of aromatic carboxylic acids is 1. The summed E-state index contributed by atoms with van der Waals surface area (Å²) in [6, 6.07) is 9.18. The van der Waals surface area contributed by atoms with Crippen molar-refractivity contribution in [2.45, 2.75) is 13.8 Å². The third kappa shape index (κ3) is 4.23. The molecule has 0 saturated heterocycles. The van der Waals surface area contributed by atoms with Gasteiger partial charge in [0.15, 0.2) is 6.61 Å². The molecule has 0 bridgehead atoms. The van der Waals surface area contributed by atoms with Crippen molar-refractivity contribution in [3.63, 3.8) is 0 Å². The molecule has 2 aromatic carbocycles. The number of rotatable bonds is 5. The number of hydrogen-bond donors (Lipinski definition) is 3. The van der Waals surface area contributed by atoms with Crippen molar-refractivity contribution in [1.29, 1.82) is 0 Å². The molecule has 0 aromatic heterocycles. The highest BCUT2D eigenvalue weighted by Gasteiger charge is 2.13. The second-order valence-electron chi connectivity index (χ2n) is 5.12. The van der Waals surface area contributed by atoms with Gasteiger partial charge in [0.2, 0.25) is 0 Å². The molecule has 0 unspecified atom stereocenters. The second kappa shape index (κ2) is 6.83. The number of hydrogen-bond acceptors (Lipinski definition) is 4. The minimum Gasteiger partial charge on any atom is -0.508 e. The summed E-state index contributed by atoms with van der Waals surface area (Å²) in [5, 5.41) is 20.9. The summed E-state index contributed by atoms with van der Waals surface area (Å²) >= 11 is 0. The van der Waals surface area contributed by atoms with Gasteiger partial charge in [0.1, 0.15) is 11.5 Å².